The molecule has 2 aliphatic rings. The number of hydrogen-bond acceptors (Lipinski definition) is 6. The molecular weight excluding hydrogens is 433 g/mol. The van der Waals surface area contributed by atoms with Gasteiger partial charge in [-0.1, -0.05) is 0 Å². The lowest BCUT2D eigenvalue weighted by Gasteiger charge is -2.55. The van der Waals surface area contributed by atoms with Crippen LogP contribution in [0.3, 0.4) is 0 Å². The van der Waals surface area contributed by atoms with Crippen LogP contribution in [0.1, 0.15) is 18.5 Å². The zero-order chi connectivity index (χ0) is 22.5. The monoisotopic (exact) mass is 453 g/mol. The van der Waals surface area contributed by atoms with Gasteiger partial charge in [-0.2, -0.15) is 18.3 Å². The molecular formula is C20H20F5N7. The van der Waals surface area contributed by atoms with Crippen LogP contribution >= 0.6 is 0 Å². The zero-order valence-electron chi connectivity index (χ0n) is 16.9. The minimum Gasteiger partial charge on any atom is -0.369 e. The molecule has 0 radical (unpaired) electrons. The molecule has 12 heteroatoms. The van der Waals surface area contributed by atoms with E-state index in [0.29, 0.717) is 22.7 Å². The van der Waals surface area contributed by atoms with Crippen molar-refractivity contribution < 1.29 is 22.0 Å². The molecule has 170 valence electrons. The first-order valence-electron chi connectivity index (χ1n) is 10.2. The average molecular weight is 453 g/mol. The van der Waals surface area contributed by atoms with Gasteiger partial charge in [-0.05, 0) is 25.0 Å². The van der Waals surface area contributed by atoms with Crippen LogP contribution in [0.15, 0.2) is 30.7 Å². The van der Waals surface area contributed by atoms with Crippen molar-refractivity contribution in [1.82, 2.24) is 24.7 Å². The number of nitrogens with zero attached hydrogens (tertiary/aromatic N) is 7. The van der Waals surface area contributed by atoms with E-state index < -0.39 is 24.8 Å². The lowest BCUT2D eigenvalue weighted by molar-refractivity contribution is -0.141. The second kappa shape index (κ2) is 7.52. The highest BCUT2D eigenvalue weighted by molar-refractivity contribution is 5.71. The van der Waals surface area contributed by atoms with Gasteiger partial charge in [0.15, 0.2) is 5.65 Å². The number of halogens is 5. The molecule has 0 aromatic carbocycles. The third-order valence-electron chi connectivity index (χ3n) is 6.25. The summed E-state index contributed by atoms with van der Waals surface area (Å²) in [5.41, 5.74) is 0.719. The van der Waals surface area contributed by atoms with Crippen molar-refractivity contribution in [2.24, 2.45) is 5.41 Å². The minimum absolute atomic E-state index is 0.105. The first kappa shape index (κ1) is 20.8. The molecule has 3 aromatic heterocycles. The van der Waals surface area contributed by atoms with E-state index >= 15 is 0 Å². The maximum absolute atomic E-state index is 12.8. The molecule has 0 unspecified atom stereocenters. The molecule has 1 spiro atoms. The van der Waals surface area contributed by atoms with Crippen LogP contribution in [-0.2, 0) is 12.7 Å². The standard InChI is InChI=1S/C20H20F5N7/c21-16(22)10-32-18-14(8-28-32)26-9-17(29-18)30-5-3-19(4-6-30)11-31(12-19)13-1-2-15(27-7-13)20(23,24)25/h1-2,7-9,16H,3-6,10-12H2. The summed E-state index contributed by atoms with van der Waals surface area (Å²) in [6.45, 7) is 2.48. The molecule has 5 rings (SSSR count). The predicted molar refractivity (Wildman–Crippen MR) is 107 cm³/mol. The van der Waals surface area contributed by atoms with Gasteiger partial charge >= 0.3 is 6.18 Å². The quantitative estimate of drug-likeness (QED) is 0.563. The molecule has 3 aromatic rings. The maximum atomic E-state index is 12.8. The number of piperidine rings is 1. The van der Waals surface area contributed by atoms with Crippen molar-refractivity contribution in [3.05, 3.63) is 36.4 Å². The number of anilines is 2. The van der Waals surface area contributed by atoms with Gasteiger partial charge < -0.3 is 9.80 Å². The lowest BCUT2D eigenvalue weighted by Crippen LogP contribution is -2.60. The number of rotatable bonds is 4. The van der Waals surface area contributed by atoms with Crippen LogP contribution < -0.4 is 9.80 Å². The summed E-state index contributed by atoms with van der Waals surface area (Å²) in [7, 11) is 0. The summed E-state index contributed by atoms with van der Waals surface area (Å²) < 4.78 is 64.8. The van der Waals surface area contributed by atoms with E-state index in [1.165, 1.54) is 23.1 Å². The molecule has 2 saturated heterocycles. The fraction of sp³-hybridized carbons (Fsp3) is 0.500. The molecule has 2 fully saturated rings. The Balaban J connectivity index is 1.21. The van der Waals surface area contributed by atoms with E-state index in [4.69, 9.17) is 0 Å². The number of hydrogen-bond donors (Lipinski definition) is 0. The predicted octanol–water partition coefficient (Wildman–Crippen LogP) is 3.61. The van der Waals surface area contributed by atoms with Gasteiger partial charge in [-0.25, -0.2) is 28.4 Å². The summed E-state index contributed by atoms with van der Waals surface area (Å²) in [6, 6.07) is 2.47. The molecule has 0 aliphatic carbocycles. The lowest BCUT2D eigenvalue weighted by atomic mass is 9.72. The van der Waals surface area contributed by atoms with E-state index in [-0.39, 0.29) is 5.41 Å². The Hall–Kier alpha value is -3.05. The fourth-order valence-corrected chi connectivity index (χ4v) is 4.47. The molecule has 0 saturated carbocycles. The summed E-state index contributed by atoms with van der Waals surface area (Å²) in [4.78, 5) is 16.5. The summed E-state index contributed by atoms with van der Waals surface area (Å²) in [6.07, 6.45) is -0.835. The van der Waals surface area contributed by atoms with Crippen molar-refractivity contribution in [3.8, 4) is 0 Å². The number of alkyl halides is 5. The van der Waals surface area contributed by atoms with Crippen LogP contribution in [0.5, 0.6) is 0 Å². The van der Waals surface area contributed by atoms with Crippen LogP contribution in [0.25, 0.3) is 11.2 Å². The maximum Gasteiger partial charge on any atom is 0.433 e. The van der Waals surface area contributed by atoms with E-state index in [2.05, 4.69) is 25.0 Å². The van der Waals surface area contributed by atoms with Gasteiger partial charge in [0, 0.05) is 31.6 Å². The molecule has 0 atom stereocenters. The molecule has 0 amide bonds. The van der Waals surface area contributed by atoms with Crippen LogP contribution in [-0.4, -0.2) is 57.3 Å². The van der Waals surface area contributed by atoms with Gasteiger partial charge in [-0.15, -0.1) is 0 Å². The van der Waals surface area contributed by atoms with Crippen LogP contribution in [0.4, 0.5) is 33.5 Å². The fourth-order valence-electron chi connectivity index (χ4n) is 4.47. The third kappa shape index (κ3) is 3.82. The highest BCUT2D eigenvalue weighted by Crippen LogP contribution is 2.43. The van der Waals surface area contributed by atoms with Gasteiger partial charge in [0.1, 0.15) is 23.6 Å². The Labute approximate surface area is 179 Å². The number of aromatic nitrogens is 5. The first-order valence-corrected chi connectivity index (χ1v) is 10.2. The molecule has 32 heavy (non-hydrogen) atoms. The molecule has 5 heterocycles. The van der Waals surface area contributed by atoms with Crippen molar-refractivity contribution in [2.45, 2.75) is 32.0 Å². The van der Waals surface area contributed by atoms with E-state index in [0.717, 1.165) is 45.1 Å². The minimum atomic E-state index is -4.44. The van der Waals surface area contributed by atoms with E-state index in [9.17, 15) is 22.0 Å². The first-order chi connectivity index (χ1) is 15.2. The van der Waals surface area contributed by atoms with Gasteiger partial charge in [0.2, 0.25) is 0 Å². The van der Waals surface area contributed by atoms with Crippen molar-refractivity contribution in [3.63, 3.8) is 0 Å². The highest BCUT2D eigenvalue weighted by Gasteiger charge is 2.45. The summed E-state index contributed by atoms with van der Waals surface area (Å²) >= 11 is 0. The second-order valence-electron chi connectivity index (χ2n) is 8.40. The Kier molecular flexibility index (Phi) is 4.90. The van der Waals surface area contributed by atoms with Gasteiger partial charge in [0.25, 0.3) is 6.43 Å². The second-order valence-corrected chi connectivity index (χ2v) is 8.40. The van der Waals surface area contributed by atoms with E-state index in [1.807, 2.05) is 4.90 Å². The normalized spacial score (nSPS) is 18.6. The van der Waals surface area contributed by atoms with Gasteiger partial charge in [-0.3, -0.25) is 0 Å². The highest BCUT2D eigenvalue weighted by atomic mass is 19.4. The van der Waals surface area contributed by atoms with E-state index in [1.54, 1.807) is 6.20 Å². The summed E-state index contributed by atoms with van der Waals surface area (Å²) in [5.74, 6) is 0.631. The molecule has 2 aliphatic heterocycles. The topological polar surface area (TPSA) is 63.0 Å². The third-order valence-corrected chi connectivity index (χ3v) is 6.25. The number of pyridine rings is 1. The molecule has 0 N–H and O–H groups in total. The SMILES string of the molecule is FC(F)Cn1ncc2ncc(N3CCC4(CC3)CN(c3ccc(C(F)(F)F)nc3)C4)nc21. The smallest absolute Gasteiger partial charge is 0.369 e. The molecule has 7 nitrogen and oxygen atoms in total. The Bertz CT molecular complexity index is 1100. The van der Waals surface area contributed by atoms with Crippen molar-refractivity contribution in [1.29, 1.82) is 0 Å². The Morgan fingerprint density at radius 1 is 0.969 bits per heavy atom. The summed E-state index contributed by atoms with van der Waals surface area (Å²) in [5, 5.41) is 3.94. The van der Waals surface area contributed by atoms with Gasteiger partial charge in [0.05, 0.1) is 24.3 Å². The average Bonchev–Trinajstić information content (AvgIpc) is 3.13. The van der Waals surface area contributed by atoms with Crippen LogP contribution in [0, 0.1) is 5.41 Å². The van der Waals surface area contributed by atoms with Crippen molar-refractivity contribution >= 4 is 22.7 Å². The Morgan fingerprint density at radius 3 is 2.34 bits per heavy atom. The largest absolute Gasteiger partial charge is 0.433 e. The van der Waals surface area contributed by atoms with Crippen molar-refractivity contribution in [2.75, 3.05) is 36.0 Å². The Morgan fingerprint density at radius 2 is 1.72 bits per heavy atom. The number of fused-ring (bicyclic) bond motifs is 1. The van der Waals surface area contributed by atoms with Crippen LogP contribution in [0.2, 0.25) is 0 Å². The molecule has 0 bridgehead atoms. The zero-order valence-corrected chi connectivity index (χ0v) is 16.9.